The minimum Gasteiger partial charge on any atom is -0.508 e. The summed E-state index contributed by atoms with van der Waals surface area (Å²) in [7, 11) is 0. The fourth-order valence-corrected chi connectivity index (χ4v) is 1.27. The van der Waals surface area contributed by atoms with Crippen molar-refractivity contribution in [2.45, 2.75) is 6.92 Å². The minimum absolute atomic E-state index is 0.155. The van der Waals surface area contributed by atoms with E-state index in [2.05, 4.69) is 15.5 Å². The molecule has 1 amide bonds. The van der Waals surface area contributed by atoms with Crippen molar-refractivity contribution in [2.75, 3.05) is 5.32 Å². The molecular formula is C11H11N3O2. The molecular weight excluding hydrogens is 206 g/mol. The summed E-state index contributed by atoms with van der Waals surface area (Å²) in [5.41, 5.74) is 1.68. The summed E-state index contributed by atoms with van der Waals surface area (Å²) < 4.78 is 0. The van der Waals surface area contributed by atoms with Crippen molar-refractivity contribution in [3.63, 3.8) is 0 Å². The number of aromatic hydroxyl groups is 1. The molecule has 0 unspecified atom stereocenters. The van der Waals surface area contributed by atoms with E-state index >= 15 is 0 Å². The Morgan fingerprint density at radius 1 is 1.44 bits per heavy atom. The number of carbonyl (C=O) groups is 1. The van der Waals surface area contributed by atoms with Crippen LogP contribution in [0.3, 0.4) is 0 Å². The smallest absolute Gasteiger partial charge is 0.273 e. The molecule has 2 rings (SSSR count). The third-order valence-electron chi connectivity index (χ3n) is 2.21. The zero-order valence-corrected chi connectivity index (χ0v) is 8.69. The van der Waals surface area contributed by atoms with Gasteiger partial charge in [0.1, 0.15) is 11.4 Å². The number of phenolic OH excluding ortho intramolecular Hbond substituents is 1. The number of aryl methyl sites for hydroxylation is 1. The number of carbonyl (C=O) groups excluding carboxylic acids is 1. The zero-order valence-electron chi connectivity index (χ0n) is 8.69. The lowest BCUT2D eigenvalue weighted by Crippen LogP contribution is -2.12. The Balaban J connectivity index is 2.15. The molecule has 82 valence electrons. The number of nitrogens with one attached hydrogen (secondary N) is 2. The largest absolute Gasteiger partial charge is 0.508 e. The maximum atomic E-state index is 11.6. The van der Waals surface area contributed by atoms with Crippen LogP contribution >= 0.6 is 0 Å². The summed E-state index contributed by atoms with van der Waals surface area (Å²) in [4.78, 5) is 11.6. The summed E-state index contributed by atoms with van der Waals surface area (Å²) >= 11 is 0. The third kappa shape index (κ3) is 2.03. The van der Waals surface area contributed by atoms with Crippen LogP contribution in [0.25, 0.3) is 0 Å². The number of phenols is 1. The van der Waals surface area contributed by atoms with Gasteiger partial charge in [-0.25, -0.2) is 0 Å². The first kappa shape index (κ1) is 10.2. The van der Waals surface area contributed by atoms with E-state index < -0.39 is 0 Å². The van der Waals surface area contributed by atoms with Crippen molar-refractivity contribution in [3.05, 3.63) is 41.7 Å². The van der Waals surface area contributed by atoms with Crippen LogP contribution in [0, 0.1) is 6.92 Å². The Labute approximate surface area is 92.1 Å². The lowest BCUT2D eigenvalue weighted by Gasteiger charge is -2.05. The molecule has 0 radical (unpaired) electrons. The van der Waals surface area contributed by atoms with Crippen LogP contribution in [-0.4, -0.2) is 21.2 Å². The van der Waals surface area contributed by atoms with Gasteiger partial charge in [0, 0.05) is 18.0 Å². The fourth-order valence-electron chi connectivity index (χ4n) is 1.27. The van der Waals surface area contributed by atoms with Gasteiger partial charge in [0.05, 0.1) is 0 Å². The molecule has 0 aliphatic carbocycles. The van der Waals surface area contributed by atoms with Crippen molar-refractivity contribution in [1.29, 1.82) is 0 Å². The summed E-state index contributed by atoms with van der Waals surface area (Å²) in [6.07, 6.45) is 1.50. The van der Waals surface area contributed by atoms with Crippen LogP contribution in [0.15, 0.2) is 30.5 Å². The monoisotopic (exact) mass is 217 g/mol. The highest BCUT2D eigenvalue weighted by molar-refractivity contribution is 6.02. The molecule has 1 heterocycles. The molecule has 1 aromatic carbocycles. The maximum absolute atomic E-state index is 11.6. The molecule has 0 aliphatic rings. The lowest BCUT2D eigenvalue weighted by atomic mass is 10.2. The summed E-state index contributed by atoms with van der Waals surface area (Å²) in [6.45, 7) is 1.79. The predicted octanol–water partition coefficient (Wildman–Crippen LogP) is 1.68. The van der Waals surface area contributed by atoms with Gasteiger partial charge in [-0.05, 0) is 24.6 Å². The molecule has 5 heteroatoms. The Hall–Kier alpha value is -2.30. The number of aromatic nitrogens is 2. The Kier molecular flexibility index (Phi) is 2.59. The van der Waals surface area contributed by atoms with Gasteiger partial charge < -0.3 is 10.4 Å². The average molecular weight is 217 g/mol. The number of benzene rings is 1. The summed E-state index contributed by atoms with van der Waals surface area (Å²) in [5.74, 6) is -0.136. The van der Waals surface area contributed by atoms with Crippen LogP contribution in [0.2, 0.25) is 0 Å². The van der Waals surface area contributed by atoms with E-state index in [1.54, 1.807) is 25.1 Å². The van der Waals surface area contributed by atoms with E-state index in [1.807, 2.05) is 0 Å². The van der Waals surface area contributed by atoms with Crippen LogP contribution in [0.5, 0.6) is 5.75 Å². The molecule has 0 atom stereocenters. The molecule has 0 spiro atoms. The van der Waals surface area contributed by atoms with Crippen LogP contribution in [-0.2, 0) is 0 Å². The first-order valence-electron chi connectivity index (χ1n) is 4.77. The quantitative estimate of drug-likeness (QED) is 0.716. The number of aromatic amines is 1. The van der Waals surface area contributed by atoms with E-state index in [1.165, 1.54) is 12.3 Å². The highest BCUT2D eigenvalue weighted by Crippen LogP contribution is 2.20. The van der Waals surface area contributed by atoms with E-state index in [0.717, 1.165) is 5.56 Å². The molecule has 0 saturated heterocycles. The van der Waals surface area contributed by atoms with Gasteiger partial charge in [-0.2, -0.15) is 5.10 Å². The molecule has 16 heavy (non-hydrogen) atoms. The first-order chi connectivity index (χ1) is 7.66. The Morgan fingerprint density at radius 3 is 2.88 bits per heavy atom. The average Bonchev–Trinajstić information content (AvgIpc) is 2.77. The standard InChI is InChI=1S/C11H11N3O2/c1-7-2-3-8(6-10(7)15)13-11(16)9-4-5-12-14-9/h2-6,15H,1H3,(H,12,14)(H,13,16). The number of H-pyrrole nitrogens is 1. The molecule has 0 fully saturated rings. The second kappa shape index (κ2) is 4.06. The summed E-state index contributed by atoms with van der Waals surface area (Å²) in [6, 6.07) is 6.54. The molecule has 1 aromatic heterocycles. The van der Waals surface area contributed by atoms with Gasteiger partial charge in [0.15, 0.2) is 0 Å². The first-order valence-corrected chi connectivity index (χ1v) is 4.77. The van der Waals surface area contributed by atoms with Crippen molar-refractivity contribution in [3.8, 4) is 5.75 Å². The number of anilines is 1. The number of nitrogens with zero attached hydrogens (tertiary/aromatic N) is 1. The SMILES string of the molecule is Cc1ccc(NC(=O)c2ccn[nH]2)cc1O. The van der Waals surface area contributed by atoms with Crippen LogP contribution in [0.4, 0.5) is 5.69 Å². The molecule has 5 nitrogen and oxygen atoms in total. The minimum atomic E-state index is -0.291. The zero-order chi connectivity index (χ0) is 11.5. The van der Waals surface area contributed by atoms with Gasteiger partial charge in [-0.1, -0.05) is 6.07 Å². The van der Waals surface area contributed by atoms with E-state index in [-0.39, 0.29) is 11.7 Å². The number of amides is 1. The molecule has 3 N–H and O–H groups in total. The molecule has 2 aromatic rings. The molecule has 0 saturated carbocycles. The number of hydrogen-bond donors (Lipinski definition) is 3. The van der Waals surface area contributed by atoms with Gasteiger partial charge >= 0.3 is 0 Å². The topological polar surface area (TPSA) is 78.0 Å². The fraction of sp³-hybridized carbons (Fsp3) is 0.0909. The van der Waals surface area contributed by atoms with Crippen LogP contribution < -0.4 is 5.32 Å². The van der Waals surface area contributed by atoms with Gasteiger partial charge in [0.2, 0.25) is 0 Å². The molecule has 0 bridgehead atoms. The van der Waals surface area contributed by atoms with Crippen molar-refractivity contribution < 1.29 is 9.90 Å². The number of rotatable bonds is 2. The summed E-state index contributed by atoms with van der Waals surface area (Å²) in [5, 5.41) is 18.4. The normalized spacial score (nSPS) is 10.1. The van der Waals surface area contributed by atoms with Crippen molar-refractivity contribution >= 4 is 11.6 Å². The molecule has 0 aliphatic heterocycles. The highest BCUT2D eigenvalue weighted by Gasteiger charge is 2.07. The maximum Gasteiger partial charge on any atom is 0.273 e. The van der Waals surface area contributed by atoms with Crippen LogP contribution in [0.1, 0.15) is 16.1 Å². The van der Waals surface area contributed by atoms with Crippen molar-refractivity contribution in [2.24, 2.45) is 0 Å². The highest BCUT2D eigenvalue weighted by atomic mass is 16.3. The third-order valence-corrected chi connectivity index (χ3v) is 2.21. The van der Waals surface area contributed by atoms with E-state index in [9.17, 15) is 9.90 Å². The Bertz CT molecular complexity index is 506. The lowest BCUT2D eigenvalue weighted by molar-refractivity contribution is 0.102. The number of hydrogen-bond acceptors (Lipinski definition) is 3. The second-order valence-electron chi connectivity index (χ2n) is 3.43. The second-order valence-corrected chi connectivity index (χ2v) is 3.43. The van der Waals surface area contributed by atoms with Gasteiger partial charge in [-0.15, -0.1) is 0 Å². The van der Waals surface area contributed by atoms with Gasteiger partial charge in [0.25, 0.3) is 5.91 Å². The van der Waals surface area contributed by atoms with E-state index in [0.29, 0.717) is 11.4 Å². The van der Waals surface area contributed by atoms with Crippen molar-refractivity contribution in [1.82, 2.24) is 10.2 Å². The predicted molar refractivity (Wildman–Crippen MR) is 59.4 cm³/mol. The van der Waals surface area contributed by atoms with Gasteiger partial charge in [-0.3, -0.25) is 9.89 Å². The van der Waals surface area contributed by atoms with E-state index in [4.69, 9.17) is 0 Å². The Morgan fingerprint density at radius 2 is 2.25 bits per heavy atom.